The van der Waals surface area contributed by atoms with Crippen molar-refractivity contribution in [3.63, 3.8) is 0 Å². The number of aromatic nitrogens is 3. The smallest absolute Gasteiger partial charge is 0.163 e. The van der Waals surface area contributed by atoms with Gasteiger partial charge in [0.25, 0.3) is 0 Å². The number of benzene rings is 1. The third kappa shape index (κ3) is 3.29. The summed E-state index contributed by atoms with van der Waals surface area (Å²) in [6.45, 7) is 2.90. The van der Waals surface area contributed by atoms with Gasteiger partial charge in [0.05, 0.1) is 6.61 Å². The van der Waals surface area contributed by atoms with E-state index in [1.807, 2.05) is 11.6 Å². The van der Waals surface area contributed by atoms with Crippen LogP contribution in [0.5, 0.6) is 0 Å². The number of ether oxygens (including phenoxy) is 1. The van der Waals surface area contributed by atoms with Crippen molar-refractivity contribution in [3.8, 4) is 0 Å². The first-order valence-corrected chi connectivity index (χ1v) is 7.63. The summed E-state index contributed by atoms with van der Waals surface area (Å²) in [5, 5.41) is 8.47. The lowest BCUT2D eigenvalue weighted by Gasteiger charge is -2.32. The molecule has 1 aromatic carbocycles. The summed E-state index contributed by atoms with van der Waals surface area (Å²) < 4.78 is 21.4. The predicted molar refractivity (Wildman–Crippen MR) is 81.3 cm³/mol. The fourth-order valence-corrected chi connectivity index (χ4v) is 2.94. The van der Waals surface area contributed by atoms with Crippen LogP contribution in [0.2, 0.25) is 5.02 Å². The van der Waals surface area contributed by atoms with Gasteiger partial charge in [0.1, 0.15) is 18.2 Å². The molecule has 1 fully saturated rings. The summed E-state index contributed by atoms with van der Waals surface area (Å²) in [4.78, 5) is 2.24. The van der Waals surface area contributed by atoms with Crippen LogP contribution >= 0.6 is 11.6 Å². The summed E-state index contributed by atoms with van der Waals surface area (Å²) in [5.74, 6) is 0.569. The Morgan fingerprint density at radius 3 is 3.05 bits per heavy atom. The van der Waals surface area contributed by atoms with Crippen molar-refractivity contribution >= 4 is 11.6 Å². The Bertz CT molecular complexity index is 628. The van der Waals surface area contributed by atoms with E-state index >= 15 is 0 Å². The SMILES string of the molecule is Cn1cnnc1C1CN(CCc2c(F)cccc2Cl)CCO1. The molecule has 5 nitrogen and oxygen atoms in total. The van der Waals surface area contributed by atoms with Crippen LogP contribution in [0.3, 0.4) is 0 Å². The van der Waals surface area contributed by atoms with Crippen LogP contribution in [-0.2, 0) is 18.2 Å². The lowest BCUT2D eigenvalue weighted by molar-refractivity contribution is -0.0353. The molecule has 2 heterocycles. The topological polar surface area (TPSA) is 43.2 Å². The molecule has 1 aliphatic rings. The summed E-state index contributed by atoms with van der Waals surface area (Å²) in [7, 11) is 1.90. The fraction of sp³-hybridized carbons (Fsp3) is 0.467. The highest BCUT2D eigenvalue weighted by atomic mass is 35.5. The monoisotopic (exact) mass is 324 g/mol. The van der Waals surface area contributed by atoms with Crippen LogP contribution in [0, 0.1) is 5.82 Å². The molecule has 0 radical (unpaired) electrons. The van der Waals surface area contributed by atoms with Crippen molar-refractivity contribution in [2.45, 2.75) is 12.5 Å². The zero-order chi connectivity index (χ0) is 15.5. The molecule has 1 aliphatic heterocycles. The summed E-state index contributed by atoms with van der Waals surface area (Å²) in [5.41, 5.74) is 0.575. The zero-order valence-corrected chi connectivity index (χ0v) is 13.1. The molecule has 0 spiro atoms. The zero-order valence-electron chi connectivity index (χ0n) is 12.4. The highest BCUT2D eigenvalue weighted by molar-refractivity contribution is 6.31. The maximum absolute atomic E-state index is 13.8. The number of nitrogens with zero attached hydrogens (tertiary/aromatic N) is 4. The Kier molecular flexibility index (Phi) is 4.71. The van der Waals surface area contributed by atoms with Crippen LogP contribution in [0.4, 0.5) is 4.39 Å². The van der Waals surface area contributed by atoms with Crippen molar-refractivity contribution in [2.75, 3.05) is 26.2 Å². The largest absolute Gasteiger partial charge is 0.368 e. The lowest BCUT2D eigenvalue weighted by Crippen LogP contribution is -2.40. The van der Waals surface area contributed by atoms with Gasteiger partial charge in [-0.2, -0.15) is 0 Å². The predicted octanol–water partition coefficient (Wildman–Crippen LogP) is 2.22. The van der Waals surface area contributed by atoms with Gasteiger partial charge in [0.15, 0.2) is 5.82 Å². The van der Waals surface area contributed by atoms with Crippen LogP contribution in [-0.4, -0.2) is 45.9 Å². The minimum atomic E-state index is -0.245. The van der Waals surface area contributed by atoms with Crippen LogP contribution in [0.15, 0.2) is 24.5 Å². The van der Waals surface area contributed by atoms with Gasteiger partial charge >= 0.3 is 0 Å². The average Bonchev–Trinajstić information content (AvgIpc) is 2.93. The molecular formula is C15H18ClFN4O. The standard InChI is InChI=1S/C15H18ClFN4O/c1-20-10-18-19-15(20)14-9-21(7-8-22-14)6-5-11-12(16)3-2-4-13(11)17/h2-4,10,14H,5-9H2,1H3. The molecule has 7 heteroatoms. The Balaban J connectivity index is 1.62. The van der Waals surface area contributed by atoms with Gasteiger partial charge in [0, 0.05) is 37.3 Å². The van der Waals surface area contributed by atoms with Gasteiger partial charge in [-0.25, -0.2) is 4.39 Å². The summed E-state index contributed by atoms with van der Waals surface area (Å²) in [6.07, 6.45) is 2.14. The molecule has 3 rings (SSSR count). The lowest BCUT2D eigenvalue weighted by atomic mass is 10.1. The fourth-order valence-electron chi connectivity index (χ4n) is 2.69. The molecule has 0 bridgehead atoms. The van der Waals surface area contributed by atoms with E-state index in [0.717, 1.165) is 25.5 Å². The number of hydrogen-bond acceptors (Lipinski definition) is 4. The number of halogens is 2. The van der Waals surface area contributed by atoms with E-state index in [2.05, 4.69) is 15.1 Å². The maximum Gasteiger partial charge on any atom is 0.163 e. The van der Waals surface area contributed by atoms with E-state index < -0.39 is 0 Å². The maximum atomic E-state index is 13.8. The molecule has 0 saturated carbocycles. The molecule has 1 aromatic heterocycles. The van der Waals surface area contributed by atoms with E-state index in [1.165, 1.54) is 6.07 Å². The molecule has 0 N–H and O–H groups in total. The highest BCUT2D eigenvalue weighted by Crippen LogP contribution is 2.22. The number of morpholine rings is 1. The van der Waals surface area contributed by atoms with Crippen molar-refractivity contribution in [2.24, 2.45) is 7.05 Å². The quantitative estimate of drug-likeness (QED) is 0.865. The van der Waals surface area contributed by atoms with Crippen molar-refractivity contribution in [1.29, 1.82) is 0 Å². The van der Waals surface area contributed by atoms with Crippen molar-refractivity contribution < 1.29 is 9.13 Å². The Labute approximate surface area is 133 Å². The van der Waals surface area contributed by atoms with Crippen LogP contribution in [0.1, 0.15) is 17.5 Å². The first kappa shape index (κ1) is 15.4. The molecule has 1 unspecified atom stereocenters. The Morgan fingerprint density at radius 2 is 2.32 bits per heavy atom. The molecule has 1 atom stereocenters. The molecule has 2 aromatic rings. The van der Waals surface area contributed by atoms with Gasteiger partial charge < -0.3 is 9.30 Å². The minimum Gasteiger partial charge on any atom is -0.368 e. The van der Waals surface area contributed by atoms with E-state index in [9.17, 15) is 4.39 Å². The molecule has 0 aliphatic carbocycles. The van der Waals surface area contributed by atoms with Gasteiger partial charge in [-0.3, -0.25) is 4.90 Å². The van der Waals surface area contributed by atoms with Crippen LogP contribution < -0.4 is 0 Å². The van der Waals surface area contributed by atoms with Gasteiger partial charge in [0.2, 0.25) is 0 Å². The molecular weight excluding hydrogens is 307 g/mol. The van der Waals surface area contributed by atoms with E-state index in [1.54, 1.807) is 18.5 Å². The van der Waals surface area contributed by atoms with Gasteiger partial charge in [-0.05, 0) is 18.6 Å². The summed E-state index contributed by atoms with van der Waals surface area (Å²) >= 11 is 6.07. The van der Waals surface area contributed by atoms with Crippen molar-refractivity contribution in [3.05, 3.63) is 46.8 Å². The second kappa shape index (κ2) is 6.73. The minimum absolute atomic E-state index is 0.0997. The molecule has 118 valence electrons. The first-order valence-electron chi connectivity index (χ1n) is 7.26. The van der Waals surface area contributed by atoms with E-state index in [0.29, 0.717) is 23.6 Å². The normalized spacial score (nSPS) is 19.5. The third-order valence-corrected chi connectivity index (χ3v) is 4.28. The molecule has 1 saturated heterocycles. The third-order valence-electron chi connectivity index (χ3n) is 3.92. The van der Waals surface area contributed by atoms with Gasteiger partial charge in [-0.1, -0.05) is 17.7 Å². The number of hydrogen-bond donors (Lipinski definition) is 0. The van der Waals surface area contributed by atoms with E-state index in [4.69, 9.17) is 16.3 Å². The second-order valence-electron chi connectivity index (χ2n) is 5.41. The summed E-state index contributed by atoms with van der Waals surface area (Å²) in [6, 6.07) is 4.80. The van der Waals surface area contributed by atoms with Gasteiger partial charge in [-0.15, -0.1) is 10.2 Å². The second-order valence-corrected chi connectivity index (χ2v) is 5.82. The first-order chi connectivity index (χ1) is 10.6. The number of aryl methyl sites for hydroxylation is 1. The Morgan fingerprint density at radius 1 is 1.45 bits per heavy atom. The average molecular weight is 325 g/mol. The number of rotatable bonds is 4. The van der Waals surface area contributed by atoms with E-state index in [-0.39, 0.29) is 11.9 Å². The molecule has 22 heavy (non-hydrogen) atoms. The molecule has 0 amide bonds. The van der Waals surface area contributed by atoms with Crippen LogP contribution in [0.25, 0.3) is 0 Å². The highest BCUT2D eigenvalue weighted by Gasteiger charge is 2.25. The van der Waals surface area contributed by atoms with Crippen molar-refractivity contribution in [1.82, 2.24) is 19.7 Å². The Hall–Kier alpha value is -1.50.